The molecule has 0 aliphatic heterocycles. The van der Waals surface area contributed by atoms with E-state index in [0.717, 1.165) is 10.0 Å². The number of hydrogen-bond donors (Lipinski definition) is 1. The van der Waals surface area contributed by atoms with Crippen LogP contribution in [0.4, 0.5) is 5.69 Å². The first-order chi connectivity index (χ1) is 9.90. The van der Waals surface area contributed by atoms with Gasteiger partial charge in [-0.05, 0) is 24.6 Å². The molecule has 1 aromatic heterocycles. The SMILES string of the molecule is COC(=O)c1c(N)c(C#N)cn1-c1cc(Br)cc(C)c1Cl. The number of benzene rings is 1. The molecule has 0 bridgehead atoms. The Balaban J connectivity index is 2.82. The van der Waals surface area contributed by atoms with Crippen molar-refractivity contribution in [1.29, 1.82) is 5.26 Å². The van der Waals surface area contributed by atoms with Gasteiger partial charge >= 0.3 is 5.97 Å². The van der Waals surface area contributed by atoms with E-state index in [-0.39, 0.29) is 16.9 Å². The van der Waals surface area contributed by atoms with E-state index in [2.05, 4.69) is 15.9 Å². The van der Waals surface area contributed by atoms with Gasteiger partial charge in [-0.25, -0.2) is 4.79 Å². The number of carbonyl (C=O) groups excluding carboxylic acids is 1. The number of nitrogen functional groups attached to an aromatic ring is 1. The van der Waals surface area contributed by atoms with Crippen LogP contribution in [0.2, 0.25) is 5.02 Å². The van der Waals surface area contributed by atoms with Gasteiger partial charge in [0.1, 0.15) is 6.07 Å². The molecule has 5 nitrogen and oxygen atoms in total. The Morgan fingerprint density at radius 3 is 2.76 bits per heavy atom. The van der Waals surface area contributed by atoms with E-state index >= 15 is 0 Å². The fourth-order valence-corrected chi connectivity index (χ4v) is 2.75. The van der Waals surface area contributed by atoms with Crippen molar-refractivity contribution in [3.63, 3.8) is 0 Å². The van der Waals surface area contributed by atoms with Crippen LogP contribution in [0.1, 0.15) is 21.6 Å². The van der Waals surface area contributed by atoms with E-state index in [1.165, 1.54) is 17.9 Å². The molecule has 0 saturated carbocycles. The molecular weight excluding hydrogens is 358 g/mol. The molecule has 0 aliphatic rings. The Labute approximate surface area is 135 Å². The van der Waals surface area contributed by atoms with Crippen molar-refractivity contribution in [2.75, 3.05) is 12.8 Å². The Bertz CT molecular complexity index is 778. The highest BCUT2D eigenvalue weighted by Crippen LogP contribution is 2.32. The van der Waals surface area contributed by atoms with Crippen LogP contribution in [-0.4, -0.2) is 17.6 Å². The number of nitriles is 1. The van der Waals surface area contributed by atoms with E-state index in [4.69, 9.17) is 27.3 Å². The zero-order valence-corrected chi connectivity index (χ0v) is 13.6. The van der Waals surface area contributed by atoms with Crippen molar-refractivity contribution < 1.29 is 9.53 Å². The molecule has 2 aromatic rings. The summed E-state index contributed by atoms with van der Waals surface area (Å²) in [5.41, 5.74) is 7.55. The number of halogens is 2. The van der Waals surface area contributed by atoms with E-state index in [9.17, 15) is 4.79 Å². The minimum Gasteiger partial charge on any atom is -0.464 e. The highest BCUT2D eigenvalue weighted by Gasteiger charge is 2.23. The van der Waals surface area contributed by atoms with Gasteiger partial charge in [0, 0.05) is 10.7 Å². The molecule has 21 heavy (non-hydrogen) atoms. The topological polar surface area (TPSA) is 81.0 Å². The largest absolute Gasteiger partial charge is 0.464 e. The molecule has 0 radical (unpaired) electrons. The maximum atomic E-state index is 12.0. The lowest BCUT2D eigenvalue weighted by Crippen LogP contribution is -2.11. The number of rotatable bonds is 2. The summed E-state index contributed by atoms with van der Waals surface area (Å²) in [7, 11) is 1.25. The van der Waals surface area contributed by atoms with Gasteiger partial charge in [0.25, 0.3) is 0 Å². The summed E-state index contributed by atoms with van der Waals surface area (Å²) in [6.07, 6.45) is 1.47. The lowest BCUT2D eigenvalue weighted by Gasteiger charge is -2.12. The van der Waals surface area contributed by atoms with Crippen LogP contribution in [-0.2, 0) is 4.74 Å². The second kappa shape index (κ2) is 5.80. The van der Waals surface area contributed by atoms with Crippen LogP contribution in [0.3, 0.4) is 0 Å². The Hall–Kier alpha value is -1.97. The minimum absolute atomic E-state index is 0.0676. The number of methoxy groups -OCH3 is 1. The van der Waals surface area contributed by atoms with E-state index in [1.807, 2.05) is 19.1 Å². The summed E-state index contributed by atoms with van der Waals surface area (Å²) < 4.78 is 7.00. The van der Waals surface area contributed by atoms with Crippen LogP contribution >= 0.6 is 27.5 Å². The molecule has 7 heteroatoms. The molecular formula is C14H11BrClN3O2. The number of nitrogens with two attached hydrogens (primary N) is 1. The first kappa shape index (κ1) is 15.4. The van der Waals surface area contributed by atoms with Gasteiger partial charge in [0.2, 0.25) is 0 Å². The summed E-state index contributed by atoms with van der Waals surface area (Å²) in [5, 5.41) is 9.56. The van der Waals surface area contributed by atoms with Crippen LogP contribution < -0.4 is 5.73 Å². The monoisotopic (exact) mass is 367 g/mol. The quantitative estimate of drug-likeness (QED) is 0.823. The summed E-state index contributed by atoms with van der Waals surface area (Å²) in [5.74, 6) is -0.636. The minimum atomic E-state index is -0.636. The van der Waals surface area contributed by atoms with Gasteiger partial charge < -0.3 is 15.0 Å². The van der Waals surface area contributed by atoms with Crippen molar-refractivity contribution >= 4 is 39.2 Å². The second-order valence-corrected chi connectivity index (χ2v) is 5.63. The average Bonchev–Trinajstić information content (AvgIpc) is 2.78. The third-order valence-electron chi connectivity index (χ3n) is 3.00. The van der Waals surface area contributed by atoms with Crippen molar-refractivity contribution in [2.45, 2.75) is 6.92 Å². The molecule has 1 heterocycles. The zero-order valence-electron chi connectivity index (χ0n) is 11.3. The number of ether oxygens (including phenoxy) is 1. The van der Waals surface area contributed by atoms with Gasteiger partial charge in [-0.1, -0.05) is 27.5 Å². The molecule has 0 atom stereocenters. The van der Waals surface area contributed by atoms with E-state index in [1.54, 1.807) is 6.07 Å². The number of carbonyl (C=O) groups is 1. The molecule has 0 saturated heterocycles. The maximum Gasteiger partial charge on any atom is 0.357 e. The summed E-state index contributed by atoms with van der Waals surface area (Å²) in [4.78, 5) is 12.0. The van der Waals surface area contributed by atoms with Gasteiger partial charge in [-0.3, -0.25) is 0 Å². The lowest BCUT2D eigenvalue weighted by atomic mass is 10.2. The van der Waals surface area contributed by atoms with Crippen molar-refractivity contribution in [3.8, 4) is 11.8 Å². The number of anilines is 1. The van der Waals surface area contributed by atoms with E-state index < -0.39 is 5.97 Å². The predicted octanol–water partition coefficient (Wildman–Crippen LogP) is 3.44. The number of esters is 1. The summed E-state index contributed by atoms with van der Waals surface area (Å²) >= 11 is 9.69. The zero-order chi connectivity index (χ0) is 15.7. The number of hydrogen-bond acceptors (Lipinski definition) is 4. The third-order valence-corrected chi connectivity index (χ3v) is 3.95. The van der Waals surface area contributed by atoms with Crippen LogP contribution in [0, 0.1) is 18.3 Å². The molecule has 0 aliphatic carbocycles. The summed E-state index contributed by atoms with van der Waals surface area (Å²) in [6.45, 7) is 1.84. The van der Waals surface area contributed by atoms with Crippen molar-refractivity contribution in [1.82, 2.24) is 4.57 Å². The Morgan fingerprint density at radius 1 is 1.52 bits per heavy atom. The predicted molar refractivity (Wildman–Crippen MR) is 83.7 cm³/mol. The second-order valence-electron chi connectivity index (χ2n) is 4.33. The Kier molecular flexibility index (Phi) is 4.26. The standard InChI is InChI=1S/C14H11BrClN3O2/c1-7-3-9(15)4-10(11(7)16)19-6-8(5-17)12(18)13(19)14(20)21-2/h3-4,6H,18H2,1-2H3. The van der Waals surface area contributed by atoms with Gasteiger partial charge in [0.15, 0.2) is 5.69 Å². The molecule has 0 amide bonds. The molecule has 108 valence electrons. The molecule has 0 unspecified atom stereocenters. The first-order valence-corrected chi connectivity index (χ1v) is 7.03. The van der Waals surface area contributed by atoms with Crippen LogP contribution in [0.15, 0.2) is 22.8 Å². The Morgan fingerprint density at radius 2 is 2.19 bits per heavy atom. The third kappa shape index (κ3) is 2.62. The van der Waals surface area contributed by atoms with E-state index in [0.29, 0.717) is 10.7 Å². The fourth-order valence-electron chi connectivity index (χ4n) is 1.99. The van der Waals surface area contributed by atoms with Gasteiger partial charge in [0.05, 0.1) is 29.1 Å². The average molecular weight is 369 g/mol. The van der Waals surface area contributed by atoms with Gasteiger partial charge in [-0.2, -0.15) is 5.26 Å². The van der Waals surface area contributed by atoms with Crippen LogP contribution in [0.25, 0.3) is 5.69 Å². The highest BCUT2D eigenvalue weighted by molar-refractivity contribution is 9.10. The lowest BCUT2D eigenvalue weighted by molar-refractivity contribution is 0.0593. The van der Waals surface area contributed by atoms with Gasteiger partial charge in [-0.15, -0.1) is 0 Å². The first-order valence-electron chi connectivity index (χ1n) is 5.86. The fraction of sp³-hybridized carbons (Fsp3) is 0.143. The number of aryl methyl sites for hydroxylation is 1. The van der Waals surface area contributed by atoms with Crippen molar-refractivity contribution in [2.24, 2.45) is 0 Å². The molecule has 0 fully saturated rings. The molecule has 2 rings (SSSR count). The molecule has 0 spiro atoms. The number of aromatic nitrogens is 1. The molecule has 2 N–H and O–H groups in total. The number of nitrogens with zero attached hydrogens (tertiary/aromatic N) is 2. The maximum absolute atomic E-state index is 12.0. The molecule has 1 aromatic carbocycles. The van der Waals surface area contributed by atoms with Crippen LogP contribution in [0.5, 0.6) is 0 Å². The summed E-state index contributed by atoms with van der Waals surface area (Å²) in [6, 6.07) is 5.53. The highest BCUT2D eigenvalue weighted by atomic mass is 79.9. The normalized spacial score (nSPS) is 10.2. The van der Waals surface area contributed by atoms with Crippen molar-refractivity contribution in [3.05, 3.63) is 44.6 Å². The smallest absolute Gasteiger partial charge is 0.357 e.